The Hall–Kier alpha value is -1.23. The summed E-state index contributed by atoms with van der Waals surface area (Å²) in [5, 5.41) is 9.00. The second-order valence-electron chi connectivity index (χ2n) is 4.18. The van der Waals surface area contributed by atoms with Gasteiger partial charge in [0.25, 0.3) is 0 Å². The summed E-state index contributed by atoms with van der Waals surface area (Å²) in [6.07, 6.45) is -4.39. The predicted molar refractivity (Wildman–Crippen MR) is 63.9 cm³/mol. The van der Waals surface area contributed by atoms with Crippen LogP contribution in [-0.2, 0) is 11.0 Å². The molecule has 0 amide bonds. The van der Waals surface area contributed by atoms with Crippen LogP contribution < -0.4 is 0 Å². The van der Waals surface area contributed by atoms with E-state index in [0.29, 0.717) is 5.56 Å². The van der Waals surface area contributed by atoms with Crippen LogP contribution in [0, 0.1) is 5.92 Å². The molecule has 0 heterocycles. The maximum Gasteiger partial charge on any atom is 0.416 e. The molecule has 0 radical (unpaired) electrons. The van der Waals surface area contributed by atoms with E-state index in [-0.39, 0.29) is 18.3 Å². The van der Waals surface area contributed by atoms with Gasteiger partial charge in [-0.1, -0.05) is 26.0 Å². The lowest BCUT2D eigenvalue weighted by Gasteiger charge is -2.17. The largest absolute Gasteiger partial charge is 0.481 e. The van der Waals surface area contributed by atoms with Crippen molar-refractivity contribution in [3.63, 3.8) is 0 Å². The first kappa shape index (κ1) is 16.8. The SMILES string of the molecule is CC(C)C(C(=O)O)c1ccc(C(F)(F)F)cc1.Cl. The van der Waals surface area contributed by atoms with Crippen LogP contribution in [0.2, 0.25) is 0 Å². The number of alkyl halides is 3. The molecule has 102 valence electrons. The summed E-state index contributed by atoms with van der Waals surface area (Å²) in [6.45, 7) is 3.44. The summed E-state index contributed by atoms with van der Waals surface area (Å²) >= 11 is 0. The van der Waals surface area contributed by atoms with Crippen LogP contribution in [0.25, 0.3) is 0 Å². The predicted octanol–water partition coefficient (Wildman–Crippen LogP) is 3.95. The van der Waals surface area contributed by atoms with Crippen molar-refractivity contribution < 1.29 is 23.1 Å². The monoisotopic (exact) mass is 282 g/mol. The molecule has 0 aliphatic carbocycles. The van der Waals surface area contributed by atoms with E-state index in [4.69, 9.17) is 5.11 Å². The summed E-state index contributed by atoms with van der Waals surface area (Å²) in [4.78, 5) is 11.0. The minimum absolute atomic E-state index is 0. The molecule has 0 fully saturated rings. The van der Waals surface area contributed by atoms with Gasteiger partial charge in [0.2, 0.25) is 0 Å². The Morgan fingerprint density at radius 3 is 1.89 bits per heavy atom. The Morgan fingerprint density at radius 1 is 1.17 bits per heavy atom. The van der Waals surface area contributed by atoms with E-state index < -0.39 is 23.6 Å². The van der Waals surface area contributed by atoms with E-state index in [9.17, 15) is 18.0 Å². The number of rotatable bonds is 3. The zero-order valence-corrected chi connectivity index (χ0v) is 10.7. The lowest BCUT2D eigenvalue weighted by Crippen LogP contribution is -2.17. The zero-order chi connectivity index (χ0) is 13.2. The molecule has 1 aromatic carbocycles. The Balaban J connectivity index is 0.00000289. The average molecular weight is 283 g/mol. The minimum Gasteiger partial charge on any atom is -0.481 e. The first-order valence-corrected chi connectivity index (χ1v) is 5.13. The minimum atomic E-state index is -4.39. The molecule has 1 unspecified atom stereocenters. The van der Waals surface area contributed by atoms with Gasteiger partial charge in [-0.25, -0.2) is 0 Å². The number of hydrogen-bond acceptors (Lipinski definition) is 1. The van der Waals surface area contributed by atoms with Gasteiger partial charge in [0.05, 0.1) is 11.5 Å². The molecule has 6 heteroatoms. The standard InChI is InChI=1S/C12H13F3O2.ClH/c1-7(2)10(11(16)17)8-3-5-9(6-4-8)12(13,14)15;/h3-7,10H,1-2H3,(H,16,17);1H. The van der Waals surface area contributed by atoms with Gasteiger partial charge < -0.3 is 5.11 Å². The van der Waals surface area contributed by atoms with Crippen LogP contribution in [0.3, 0.4) is 0 Å². The van der Waals surface area contributed by atoms with Crippen molar-refractivity contribution in [3.8, 4) is 0 Å². The molecule has 0 aliphatic heterocycles. The van der Waals surface area contributed by atoms with Gasteiger partial charge in [0.15, 0.2) is 0 Å². The van der Waals surface area contributed by atoms with Crippen molar-refractivity contribution in [2.75, 3.05) is 0 Å². The maximum atomic E-state index is 12.3. The highest BCUT2D eigenvalue weighted by molar-refractivity contribution is 5.85. The number of benzene rings is 1. The molecule has 1 rings (SSSR count). The van der Waals surface area contributed by atoms with Gasteiger partial charge in [-0.3, -0.25) is 4.79 Å². The molecule has 18 heavy (non-hydrogen) atoms. The summed E-state index contributed by atoms with van der Waals surface area (Å²) in [5.41, 5.74) is -0.380. The van der Waals surface area contributed by atoms with Gasteiger partial charge in [-0.05, 0) is 23.6 Å². The van der Waals surface area contributed by atoms with Crippen molar-refractivity contribution in [3.05, 3.63) is 35.4 Å². The number of halogens is 4. The van der Waals surface area contributed by atoms with Crippen LogP contribution >= 0.6 is 12.4 Å². The smallest absolute Gasteiger partial charge is 0.416 e. The summed E-state index contributed by atoms with van der Waals surface area (Å²) in [7, 11) is 0. The van der Waals surface area contributed by atoms with Gasteiger partial charge in [0, 0.05) is 0 Å². The second kappa shape index (κ2) is 6.09. The molecule has 0 aliphatic rings. The summed E-state index contributed by atoms with van der Waals surface area (Å²) < 4.78 is 37.0. The Morgan fingerprint density at radius 2 is 1.61 bits per heavy atom. The van der Waals surface area contributed by atoms with Gasteiger partial charge in [-0.2, -0.15) is 13.2 Å². The molecule has 0 saturated heterocycles. The highest BCUT2D eigenvalue weighted by Crippen LogP contribution is 2.31. The number of carboxylic acids is 1. The van der Waals surface area contributed by atoms with Crippen molar-refractivity contribution in [2.45, 2.75) is 25.9 Å². The first-order chi connectivity index (χ1) is 7.73. The lowest BCUT2D eigenvalue weighted by molar-refractivity contribution is -0.139. The second-order valence-corrected chi connectivity index (χ2v) is 4.18. The third kappa shape index (κ3) is 3.91. The number of carboxylic acid groups (broad SMARTS) is 1. The van der Waals surface area contributed by atoms with Crippen LogP contribution in [0.4, 0.5) is 13.2 Å². The number of hydrogen-bond donors (Lipinski definition) is 1. The third-order valence-electron chi connectivity index (χ3n) is 2.53. The van der Waals surface area contributed by atoms with Crippen molar-refractivity contribution in [1.82, 2.24) is 0 Å². The van der Waals surface area contributed by atoms with Crippen molar-refractivity contribution in [1.29, 1.82) is 0 Å². The van der Waals surface area contributed by atoms with E-state index in [1.54, 1.807) is 13.8 Å². The lowest BCUT2D eigenvalue weighted by atomic mass is 9.88. The first-order valence-electron chi connectivity index (χ1n) is 5.13. The fourth-order valence-electron chi connectivity index (χ4n) is 1.69. The van der Waals surface area contributed by atoms with Crippen LogP contribution in [-0.4, -0.2) is 11.1 Å². The van der Waals surface area contributed by atoms with Crippen LogP contribution in [0.5, 0.6) is 0 Å². The van der Waals surface area contributed by atoms with E-state index in [0.717, 1.165) is 12.1 Å². The molecular weight excluding hydrogens is 269 g/mol. The normalized spacial score (nSPS) is 13.0. The highest BCUT2D eigenvalue weighted by Gasteiger charge is 2.31. The quantitative estimate of drug-likeness (QED) is 0.911. The Labute approximate surface area is 109 Å². The van der Waals surface area contributed by atoms with E-state index in [1.807, 2.05) is 0 Å². The van der Waals surface area contributed by atoms with Gasteiger partial charge >= 0.3 is 12.1 Å². The molecule has 0 aromatic heterocycles. The van der Waals surface area contributed by atoms with Crippen molar-refractivity contribution >= 4 is 18.4 Å². The molecule has 2 nitrogen and oxygen atoms in total. The van der Waals surface area contributed by atoms with Gasteiger partial charge in [-0.15, -0.1) is 12.4 Å². The fraction of sp³-hybridized carbons (Fsp3) is 0.417. The highest BCUT2D eigenvalue weighted by atomic mass is 35.5. The summed E-state index contributed by atoms with van der Waals surface area (Å²) in [5.74, 6) is -1.98. The molecule has 0 saturated carbocycles. The maximum absolute atomic E-state index is 12.3. The average Bonchev–Trinajstić information content (AvgIpc) is 2.15. The molecule has 1 atom stereocenters. The summed E-state index contributed by atoms with van der Waals surface area (Å²) in [6, 6.07) is 4.27. The Kier molecular flexibility index (Phi) is 5.67. The Bertz CT molecular complexity index is 399. The van der Waals surface area contributed by atoms with E-state index >= 15 is 0 Å². The molecule has 0 bridgehead atoms. The van der Waals surface area contributed by atoms with Crippen molar-refractivity contribution in [2.24, 2.45) is 5.92 Å². The molecule has 0 spiro atoms. The zero-order valence-electron chi connectivity index (χ0n) is 9.86. The molecule has 1 N–H and O–H groups in total. The van der Waals surface area contributed by atoms with Crippen LogP contribution in [0.15, 0.2) is 24.3 Å². The van der Waals surface area contributed by atoms with E-state index in [2.05, 4.69) is 0 Å². The number of carbonyl (C=O) groups is 1. The molecule has 1 aromatic rings. The fourth-order valence-corrected chi connectivity index (χ4v) is 1.69. The van der Waals surface area contributed by atoms with Gasteiger partial charge in [0.1, 0.15) is 0 Å². The number of aliphatic carboxylic acids is 1. The molecular formula is C12H14ClF3O2. The third-order valence-corrected chi connectivity index (χ3v) is 2.53. The topological polar surface area (TPSA) is 37.3 Å². The van der Waals surface area contributed by atoms with Crippen LogP contribution in [0.1, 0.15) is 30.9 Å². The van der Waals surface area contributed by atoms with E-state index in [1.165, 1.54) is 12.1 Å².